The molecule has 8 heteroatoms. The zero-order valence-corrected chi connectivity index (χ0v) is 16.7. The van der Waals surface area contributed by atoms with Gasteiger partial charge in [-0.1, -0.05) is 39.7 Å². The first-order valence-electron chi connectivity index (χ1n) is 8.01. The van der Waals surface area contributed by atoms with Crippen LogP contribution >= 0.6 is 27.5 Å². The standard InChI is InChI=1S/C19H16BrClN2O4/c1-12-8-18(27-19(24)25)22-23(12)10-14-9-15(20)4-7-17(14)26-11-13-2-5-16(21)6-3-13/h2-9H,10-11H2,1H3,(H,24,25). The van der Waals surface area contributed by atoms with E-state index in [0.29, 0.717) is 23.9 Å². The van der Waals surface area contributed by atoms with Gasteiger partial charge in [0, 0.05) is 26.8 Å². The van der Waals surface area contributed by atoms with Crippen molar-refractivity contribution in [2.24, 2.45) is 0 Å². The Morgan fingerprint density at radius 3 is 2.67 bits per heavy atom. The van der Waals surface area contributed by atoms with E-state index in [-0.39, 0.29) is 5.88 Å². The van der Waals surface area contributed by atoms with E-state index in [4.69, 9.17) is 21.4 Å². The lowest BCUT2D eigenvalue weighted by molar-refractivity contribution is 0.142. The van der Waals surface area contributed by atoms with E-state index < -0.39 is 6.16 Å². The molecule has 0 atom stereocenters. The highest BCUT2D eigenvalue weighted by molar-refractivity contribution is 9.10. The fraction of sp³-hybridized carbons (Fsp3) is 0.158. The summed E-state index contributed by atoms with van der Waals surface area (Å²) in [6.45, 7) is 2.63. The number of carboxylic acid groups (broad SMARTS) is 1. The summed E-state index contributed by atoms with van der Waals surface area (Å²) in [6, 6.07) is 14.7. The molecule has 3 rings (SSSR count). The largest absolute Gasteiger partial charge is 0.512 e. The molecular weight excluding hydrogens is 436 g/mol. The molecule has 6 nitrogen and oxygen atoms in total. The van der Waals surface area contributed by atoms with Crippen LogP contribution < -0.4 is 9.47 Å². The van der Waals surface area contributed by atoms with E-state index in [2.05, 4.69) is 25.8 Å². The summed E-state index contributed by atoms with van der Waals surface area (Å²) in [5, 5.41) is 13.6. The zero-order valence-electron chi connectivity index (χ0n) is 14.4. The number of carbonyl (C=O) groups is 1. The molecule has 0 amide bonds. The smallest absolute Gasteiger partial charge is 0.489 e. The number of hydrogen-bond acceptors (Lipinski definition) is 4. The summed E-state index contributed by atoms with van der Waals surface area (Å²) in [5.74, 6) is 0.752. The van der Waals surface area contributed by atoms with E-state index >= 15 is 0 Å². The zero-order chi connectivity index (χ0) is 19.4. The lowest BCUT2D eigenvalue weighted by atomic mass is 10.2. The fourth-order valence-corrected chi connectivity index (χ4v) is 3.03. The van der Waals surface area contributed by atoms with Gasteiger partial charge in [-0.15, -0.1) is 5.10 Å². The van der Waals surface area contributed by atoms with Crippen LogP contribution in [0.1, 0.15) is 16.8 Å². The molecule has 0 aliphatic carbocycles. The molecule has 0 saturated heterocycles. The van der Waals surface area contributed by atoms with Crippen LogP contribution in [0.25, 0.3) is 0 Å². The third-order valence-corrected chi connectivity index (χ3v) is 4.55. The topological polar surface area (TPSA) is 73.6 Å². The Bertz CT molecular complexity index is 957. The molecule has 0 radical (unpaired) electrons. The van der Waals surface area contributed by atoms with E-state index in [1.807, 2.05) is 49.4 Å². The number of aromatic nitrogens is 2. The highest BCUT2D eigenvalue weighted by Gasteiger charge is 2.12. The third-order valence-electron chi connectivity index (χ3n) is 3.80. The molecule has 0 unspecified atom stereocenters. The molecule has 0 fully saturated rings. The van der Waals surface area contributed by atoms with Crippen molar-refractivity contribution in [3.8, 4) is 11.6 Å². The van der Waals surface area contributed by atoms with E-state index in [0.717, 1.165) is 21.3 Å². The molecule has 0 spiro atoms. The van der Waals surface area contributed by atoms with Crippen LogP contribution in [0, 0.1) is 6.92 Å². The van der Waals surface area contributed by atoms with Crippen molar-refractivity contribution in [1.29, 1.82) is 0 Å². The van der Waals surface area contributed by atoms with Crippen LogP contribution in [0.3, 0.4) is 0 Å². The fourth-order valence-electron chi connectivity index (χ4n) is 2.49. The number of ether oxygens (including phenoxy) is 2. The minimum atomic E-state index is -1.39. The van der Waals surface area contributed by atoms with E-state index in [1.165, 1.54) is 0 Å². The molecular formula is C19H16BrClN2O4. The second-order valence-electron chi connectivity index (χ2n) is 5.82. The molecule has 0 aliphatic heterocycles. The number of rotatable bonds is 6. The summed E-state index contributed by atoms with van der Waals surface area (Å²) in [5.41, 5.74) is 2.67. The van der Waals surface area contributed by atoms with Crippen LogP contribution in [-0.4, -0.2) is 21.0 Å². The van der Waals surface area contributed by atoms with Crippen LogP contribution in [-0.2, 0) is 13.2 Å². The summed E-state index contributed by atoms with van der Waals surface area (Å²) < 4.78 is 13.2. The highest BCUT2D eigenvalue weighted by Crippen LogP contribution is 2.26. The van der Waals surface area contributed by atoms with Gasteiger partial charge in [-0.2, -0.15) is 0 Å². The molecule has 140 valence electrons. The predicted octanol–water partition coefficient (Wildman–Crippen LogP) is 5.29. The predicted molar refractivity (Wildman–Crippen MR) is 105 cm³/mol. The first-order valence-corrected chi connectivity index (χ1v) is 9.19. The summed E-state index contributed by atoms with van der Waals surface area (Å²) in [6.07, 6.45) is -1.39. The number of halogens is 2. The van der Waals surface area contributed by atoms with Gasteiger partial charge < -0.3 is 14.6 Å². The minimum Gasteiger partial charge on any atom is -0.489 e. The number of nitrogens with zero attached hydrogens (tertiary/aromatic N) is 2. The highest BCUT2D eigenvalue weighted by atomic mass is 79.9. The maximum absolute atomic E-state index is 10.7. The van der Waals surface area contributed by atoms with E-state index in [1.54, 1.807) is 10.7 Å². The maximum atomic E-state index is 10.7. The normalized spacial score (nSPS) is 10.6. The van der Waals surface area contributed by atoms with Crippen LogP contribution in [0.4, 0.5) is 4.79 Å². The third kappa shape index (κ3) is 5.24. The summed E-state index contributed by atoms with van der Waals surface area (Å²) in [7, 11) is 0. The second kappa shape index (κ2) is 8.45. The van der Waals surface area contributed by atoms with Crippen molar-refractivity contribution in [1.82, 2.24) is 9.78 Å². The summed E-state index contributed by atoms with van der Waals surface area (Å²) in [4.78, 5) is 10.7. The monoisotopic (exact) mass is 450 g/mol. The molecule has 0 bridgehead atoms. The van der Waals surface area contributed by atoms with Crippen LogP contribution in [0.15, 0.2) is 53.0 Å². The van der Waals surface area contributed by atoms with Gasteiger partial charge in [-0.3, -0.25) is 4.68 Å². The van der Waals surface area contributed by atoms with Gasteiger partial charge in [0.15, 0.2) is 0 Å². The molecule has 1 N–H and O–H groups in total. The Morgan fingerprint density at radius 1 is 1.22 bits per heavy atom. The first kappa shape index (κ1) is 19.3. The van der Waals surface area contributed by atoms with Crippen LogP contribution in [0.5, 0.6) is 11.6 Å². The Balaban J connectivity index is 1.78. The first-order chi connectivity index (χ1) is 12.9. The van der Waals surface area contributed by atoms with Gasteiger partial charge in [-0.25, -0.2) is 4.79 Å². The SMILES string of the molecule is Cc1cc(OC(=O)O)nn1Cc1cc(Br)ccc1OCc1ccc(Cl)cc1. The summed E-state index contributed by atoms with van der Waals surface area (Å²) >= 11 is 9.38. The van der Waals surface area contributed by atoms with Gasteiger partial charge in [-0.05, 0) is 42.8 Å². The van der Waals surface area contributed by atoms with E-state index in [9.17, 15) is 4.79 Å². The molecule has 0 aliphatic rings. The maximum Gasteiger partial charge on any atom is 0.512 e. The van der Waals surface area contributed by atoms with Crippen molar-refractivity contribution >= 4 is 33.7 Å². The number of benzene rings is 2. The molecule has 2 aromatic carbocycles. The van der Waals surface area contributed by atoms with Crippen molar-refractivity contribution in [2.75, 3.05) is 0 Å². The number of aryl methyl sites for hydroxylation is 1. The Kier molecular flexibility index (Phi) is 6.03. The Morgan fingerprint density at radius 2 is 1.96 bits per heavy atom. The van der Waals surface area contributed by atoms with Gasteiger partial charge in [0.25, 0.3) is 0 Å². The molecule has 0 saturated carbocycles. The molecule has 3 aromatic rings. The minimum absolute atomic E-state index is 0.0404. The molecule has 1 heterocycles. The van der Waals surface area contributed by atoms with Crippen molar-refractivity contribution in [2.45, 2.75) is 20.1 Å². The molecule has 27 heavy (non-hydrogen) atoms. The van der Waals surface area contributed by atoms with Gasteiger partial charge >= 0.3 is 6.16 Å². The lowest BCUT2D eigenvalue weighted by Gasteiger charge is -2.13. The Labute approximate surface area is 169 Å². The van der Waals surface area contributed by atoms with Crippen molar-refractivity contribution in [3.63, 3.8) is 0 Å². The Hall–Kier alpha value is -2.51. The average molecular weight is 452 g/mol. The van der Waals surface area contributed by atoms with Gasteiger partial charge in [0.05, 0.1) is 6.54 Å². The quantitative estimate of drug-likeness (QED) is 0.515. The lowest BCUT2D eigenvalue weighted by Crippen LogP contribution is -2.08. The second-order valence-corrected chi connectivity index (χ2v) is 7.17. The van der Waals surface area contributed by atoms with Gasteiger partial charge in [0.1, 0.15) is 12.4 Å². The van der Waals surface area contributed by atoms with Crippen molar-refractivity contribution in [3.05, 3.63) is 74.8 Å². The van der Waals surface area contributed by atoms with Gasteiger partial charge in [0.2, 0.25) is 5.88 Å². The average Bonchev–Trinajstić information content (AvgIpc) is 2.94. The van der Waals surface area contributed by atoms with Crippen LogP contribution in [0.2, 0.25) is 5.02 Å². The number of hydrogen-bond donors (Lipinski definition) is 1. The van der Waals surface area contributed by atoms with Crippen molar-refractivity contribution < 1.29 is 19.4 Å². The molecule has 1 aromatic heterocycles.